The number of nitrogens with one attached hydrogen (secondary N) is 3. The van der Waals surface area contributed by atoms with E-state index >= 15 is 0 Å². The third-order valence-corrected chi connectivity index (χ3v) is 7.57. The van der Waals surface area contributed by atoms with Gasteiger partial charge in [0.05, 0.1) is 11.4 Å². The van der Waals surface area contributed by atoms with Crippen LogP contribution in [0.1, 0.15) is 24.9 Å². The first-order valence-electron chi connectivity index (χ1n) is 8.34. The van der Waals surface area contributed by atoms with Crippen LogP contribution in [0, 0.1) is 11.8 Å². The van der Waals surface area contributed by atoms with Crippen molar-refractivity contribution in [2.75, 3.05) is 13.7 Å². The second-order valence-electron chi connectivity index (χ2n) is 6.96. The van der Waals surface area contributed by atoms with Gasteiger partial charge in [-0.05, 0) is 37.0 Å². The smallest absolute Gasteiger partial charge is 0.0597 e. The lowest BCUT2D eigenvalue weighted by Crippen LogP contribution is -2.53. The average Bonchev–Trinajstić information content (AvgIpc) is 3.07. The third-order valence-electron chi connectivity index (χ3n) is 5.42. The zero-order valence-corrected chi connectivity index (χ0v) is 15.9. The second kappa shape index (κ2) is 6.65. The minimum Gasteiger partial charge on any atom is -0.384 e. The molecule has 0 bridgehead atoms. The number of halogens is 1. The Labute approximate surface area is 150 Å². The Kier molecular flexibility index (Phi) is 4.73. The minimum absolute atomic E-state index is 0.365. The van der Waals surface area contributed by atoms with Gasteiger partial charge in [-0.3, -0.25) is 5.43 Å². The molecule has 0 amide bonds. The zero-order valence-electron chi connectivity index (χ0n) is 13.5. The van der Waals surface area contributed by atoms with Crippen LogP contribution in [0.25, 0.3) is 0 Å². The summed E-state index contributed by atoms with van der Waals surface area (Å²) in [5.41, 5.74) is 8.51. The van der Waals surface area contributed by atoms with Crippen molar-refractivity contribution in [3.05, 3.63) is 34.3 Å². The highest BCUT2D eigenvalue weighted by molar-refractivity contribution is 9.10. The molecule has 23 heavy (non-hydrogen) atoms. The van der Waals surface area contributed by atoms with Gasteiger partial charge in [0.15, 0.2) is 0 Å². The van der Waals surface area contributed by atoms with Crippen LogP contribution in [-0.2, 0) is 4.74 Å². The molecule has 1 aromatic carbocycles. The minimum atomic E-state index is 0.365. The number of hydrogen-bond donors (Lipinski definition) is 3. The Hall–Kier alpha value is -0.110. The Morgan fingerprint density at radius 3 is 2.78 bits per heavy atom. The van der Waals surface area contributed by atoms with Crippen molar-refractivity contribution in [2.45, 2.75) is 42.1 Å². The van der Waals surface area contributed by atoms with E-state index in [0.29, 0.717) is 40.6 Å². The van der Waals surface area contributed by atoms with Gasteiger partial charge in [0.25, 0.3) is 0 Å². The van der Waals surface area contributed by atoms with E-state index in [9.17, 15) is 0 Å². The predicted octanol–water partition coefficient (Wildman–Crippen LogP) is 2.67. The highest BCUT2D eigenvalue weighted by atomic mass is 79.9. The van der Waals surface area contributed by atoms with E-state index in [1.54, 1.807) is 0 Å². The number of piperidine rings is 1. The molecule has 4 nitrogen and oxygen atoms in total. The molecule has 0 aromatic heterocycles. The number of ether oxygens (including phenoxy) is 1. The highest BCUT2D eigenvalue weighted by Crippen LogP contribution is 2.50. The van der Waals surface area contributed by atoms with Crippen molar-refractivity contribution in [2.24, 2.45) is 11.8 Å². The molecule has 7 unspecified atom stereocenters. The van der Waals surface area contributed by atoms with E-state index in [1.807, 2.05) is 7.11 Å². The van der Waals surface area contributed by atoms with Gasteiger partial charge >= 0.3 is 0 Å². The largest absolute Gasteiger partial charge is 0.384 e. The molecule has 4 rings (SSSR count). The lowest BCUT2D eigenvalue weighted by atomic mass is 9.78. The summed E-state index contributed by atoms with van der Waals surface area (Å²) in [6.07, 6.45) is 1.20. The van der Waals surface area contributed by atoms with Crippen LogP contribution < -0.4 is 16.2 Å². The molecule has 7 atom stereocenters. The summed E-state index contributed by atoms with van der Waals surface area (Å²) in [6.45, 7) is 3.16. The fourth-order valence-corrected chi connectivity index (χ4v) is 6.76. The SMILES string of the molecule is COCC1CC(C)NC2SC3C(c4ccc(Br)cc4)NNC3C12. The average molecular weight is 398 g/mol. The van der Waals surface area contributed by atoms with E-state index in [-0.39, 0.29) is 0 Å². The first-order chi connectivity index (χ1) is 11.2. The lowest BCUT2D eigenvalue weighted by molar-refractivity contribution is 0.0729. The molecule has 126 valence electrons. The van der Waals surface area contributed by atoms with Gasteiger partial charge in [-0.15, -0.1) is 11.8 Å². The molecule has 3 fully saturated rings. The number of benzene rings is 1. The summed E-state index contributed by atoms with van der Waals surface area (Å²) in [7, 11) is 1.83. The molecule has 3 saturated heterocycles. The van der Waals surface area contributed by atoms with E-state index in [2.05, 4.69) is 75.0 Å². The van der Waals surface area contributed by atoms with Gasteiger partial charge in [0.1, 0.15) is 0 Å². The second-order valence-corrected chi connectivity index (χ2v) is 9.20. The maximum atomic E-state index is 5.52. The number of methoxy groups -OCH3 is 1. The summed E-state index contributed by atoms with van der Waals surface area (Å²) >= 11 is 5.63. The van der Waals surface area contributed by atoms with Gasteiger partial charge in [0.2, 0.25) is 0 Å². The van der Waals surface area contributed by atoms with Crippen LogP contribution in [-0.4, -0.2) is 36.4 Å². The fraction of sp³-hybridized carbons (Fsp3) is 0.647. The first kappa shape index (κ1) is 16.4. The molecule has 0 aliphatic carbocycles. The summed E-state index contributed by atoms with van der Waals surface area (Å²) in [4.78, 5) is 0. The number of hydrazine groups is 1. The van der Waals surface area contributed by atoms with Crippen molar-refractivity contribution in [1.82, 2.24) is 16.2 Å². The summed E-state index contributed by atoms with van der Waals surface area (Å²) < 4.78 is 6.65. The monoisotopic (exact) mass is 397 g/mol. The maximum absolute atomic E-state index is 5.52. The van der Waals surface area contributed by atoms with E-state index < -0.39 is 0 Å². The first-order valence-corrected chi connectivity index (χ1v) is 10.1. The molecule has 1 aromatic rings. The Balaban J connectivity index is 1.57. The molecule has 0 saturated carbocycles. The topological polar surface area (TPSA) is 45.3 Å². The standard InChI is InChI=1S/C17H24BrN3OS/c1-9-7-11(8-22-2)13-15-16(23-17(13)19-9)14(20-21-15)10-3-5-12(18)6-4-10/h3-6,9,11,13-17,19-21H,7-8H2,1-2H3. The molecule has 3 aliphatic heterocycles. The van der Waals surface area contributed by atoms with Crippen LogP contribution in [0.3, 0.4) is 0 Å². The fourth-order valence-electron chi connectivity index (χ4n) is 4.47. The van der Waals surface area contributed by atoms with Crippen molar-refractivity contribution < 1.29 is 4.74 Å². The predicted molar refractivity (Wildman–Crippen MR) is 98.2 cm³/mol. The van der Waals surface area contributed by atoms with Gasteiger partial charge in [-0.1, -0.05) is 28.1 Å². The molecule has 3 N–H and O–H groups in total. The van der Waals surface area contributed by atoms with E-state index in [4.69, 9.17) is 4.74 Å². The molecule has 3 heterocycles. The van der Waals surface area contributed by atoms with Crippen LogP contribution in [0.4, 0.5) is 0 Å². The van der Waals surface area contributed by atoms with Gasteiger partial charge in [-0.25, -0.2) is 5.43 Å². The van der Waals surface area contributed by atoms with E-state index in [0.717, 1.165) is 11.1 Å². The maximum Gasteiger partial charge on any atom is 0.0597 e. The summed E-state index contributed by atoms with van der Waals surface area (Å²) in [6, 6.07) is 10.1. The molecule has 0 spiro atoms. The van der Waals surface area contributed by atoms with Gasteiger partial charge in [0, 0.05) is 41.4 Å². The van der Waals surface area contributed by atoms with Crippen molar-refractivity contribution in [3.63, 3.8) is 0 Å². The summed E-state index contributed by atoms with van der Waals surface area (Å²) in [5.74, 6) is 1.25. The quantitative estimate of drug-likeness (QED) is 0.731. The van der Waals surface area contributed by atoms with Crippen molar-refractivity contribution >= 4 is 27.7 Å². The lowest BCUT2D eigenvalue weighted by Gasteiger charge is -2.39. The molecular weight excluding hydrogens is 374 g/mol. The molecule has 6 heteroatoms. The van der Waals surface area contributed by atoms with Crippen LogP contribution in [0.15, 0.2) is 28.7 Å². The number of thioether (sulfide) groups is 1. The third kappa shape index (κ3) is 2.98. The molecular formula is C17H24BrN3OS. The van der Waals surface area contributed by atoms with Gasteiger partial charge in [-0.2, -0.15) is 0 Å². The Bertz CT molecular complexity index is 557. The van der Waals surface area contributed by atoms with Crippen LogP contribution in [0.5, 0.6) is 0 Å². The van der Waals surface area contributed by atoms with Crippen molar-refractivity contribution in [3.8, 4) is 0 Å². The summed E-state index contributed by atoms with van der Waals surface area (Å²) in [5, 5.41) is 4.90. The number of rotatable bonds is 3. The van der Waals surface area contributed by atoms with Crippen LogP contribution in [0.2, 0.25) is 0 Å². The highest BCUT2D eigenvalue weighted by Gasteiger charge is 2.55. The Morgan fingerprint density at radius 1 is 1.26 bits per heavy atom. The number of hydrogen-bond acceptors (Lipinski definition) is 5. The van der Waals surface area contributed by atoms with Crippen molar-refractivity contribution in [1.29, 1.82) is 0 Å². The zero-order chi connectivity index (χ0) is 16.0. The Morgan fingerprint density at radius 2 is 2.04 bits per heavy atom. The normalized spacial score (nSPS) is 42.5. The van der Waals surface area contributed by atoms with E-state index in [1.165, 1.54) is 12.0 Å². The van der Waals surface area contributed by atoms with Gasteiger partial charge < -0.3 is 10.1 Å². The molecule has 0 radical (unpaired) electrons. The van der Waals surface area contributed by atoms with Crippen LogP contribution >= 0.6 is 27.7 Å². The molecule has 3 aliphatic rings. The number of fused-ring (bicyclic) bond motifs is 3.